The van der Waals surface area contributed by atoms with Crippen molar-refractivity contribution >= 4 is 23.2 Å². The summed E-state index contributed by atoms with van der Waals surface area (Å²) >= 11 is 6.20. The minimum atomic E-state index is -0.245. The number of nitrogens with one attached hydrogen (secondary N) is 1. The van der Waals surface area contributed by atoms with E-state index in [-0.39, 0.29) is 12.6 Å². The van der Waals surface area contributed by atoms with Crippen LogP contribution in [-0.4, -0.2) is 33.7 Å². The maximum absolute atomic E-state index is 12.6. The van der Waals surface area contributed by atoms with Crippen molar-refractivity contribution in [2.24, 2.45) is 0 Å². The molecule has 1 saturated heterocycles. The lowest BCUT2D eigenvalue weighted by atomic mass is 10.1. The zero-order valence-corrected chi connectivity index (χ0v) is 19.4. The first-order valence-corrected chi connectivity index (χ1v) is 11.4. The first-order valence-electron chi connectivity index (χ1n) is 11.0. The normalized spacial score (nSPS) is 14.3. The Morgan fingerprint density at radius 2 is 1.75 bits per heavy atom. The number of aromatic nitrogens is 2. The maximum atomic E-state index is 12.6. The van der Waals surface area contributed by atoms with Crippen LogP contribution in [0.2, 0.25) is 5.02 Å². The fraction of sp³-hybridized carbons (Fsp3) is 0.360. The molecule has 1 amide bonds. The lowest BCUT2D eigenvalue weighted by molar-refractivity contribution is 0.102. The van der Waals surface area contributed by atoms with E-state index < -0.39 is 0 Å². The van der Waals surface area contributed by atoms with Crippen LogP contribution in [0.5, 0.6) is 5.75 Å². The first-order chi connectivity index (χ1) is 15.5. The van der Waals surface area contributed by atoms with Crippen LogP contribution in [-0.2, 0) is 13.3 Å². The largest absolute Gasteiger partial charge is 0.471 e. The van der Waals surface area contributed by atoms with Gasteiger partial charge in [-0.25, -0.2) is 4.68 Å². The molecule has 4 rings (SSSR count). The van der Waals surface area contributed by atoms with Crippen molar-refractivity contribution in [3.63, 3.8) is 0 Å². The molecule has 0 saturated carbocycles. The molecule has 2 heterocycles. The second kappa shape index (κ2) is 10.2. The molecule has 2 aromatic carbocycles. The number of amides is 1. The van der Waals surface area contributed by atoms with Gasteiger partial charge in [-0.2, -0.15) is 5.10 Å². The standard InChI is InChI=1S/C25H29ClN4O2/c1-18-14-22(15-19(2)24(18)26)32-17-30-13-10-23(28-30)25(31)27-21-8-6-20(7-9-21)16-29-11-4-3-5-12-29/h6-10,13-15H,3-5,11-12,16-17H2,1-2H3,(H,27,31). The summed E-state index contributed by atoms with van der Waals surface area (Å²) in [4.78, 5) is 15.1. The molecule has 0 unspecified atom stereocenters. The quantitative estimate of drug-likeness (QED) is 0.519. The summed E-state index contributed by atoms with van der Waals surface area (Å²) in [7, 11) is 0. The molecule has 1 aliphatic heterocycles. The van der Waals surface area contributed by atoms with Crippen LogP contribution in [0.4, 0.5) is 5.69 Å². The van der Waals surface area contributed by atoms with Gasteiger partial charge < -0.3 is 10.1 Å². The van der Waals surface area contributed by atoms with Gasteiger partial charge in [-0.3, -0.25) is 9.69 Å². The second-order valence-corrected chi connectivity index (χ2v) is 8.75. The minimum Gasteiger partial charge on any atom is -0.471 e. The molecular weight excluding hydrogens is 424 g/mol. The van der Waals surface area contributed by atoms with Crippen molar-refractivity contribution in [3.05, 3.63) is 76.1 Å². The number of hydrogen-bond donors (Lipinski definition) is 1. The minimum absolute atomic E-state index is 0.207. The van der Waals surface area contributed by atoms with Gasteiger partial charge in [0.1, 0.15) is 5.75 Å². The van der Waals surface area contributed by atoms with Crippen LogP contribution in [0, 0.1) is 13.8 Å². The number of piperidine rings is 1. The predicted molar refractivity (Wildman–Crippen MR) is 127 cm³/mol. The Morgan fingerprint density at radius 3 is 2.44 bits per heavy atom. The van der Waals surface area contributed by atoms with Crippen molar-refractivity contribution in [1.82, 2.24) is 14.7 Å². The summed E-state index contributed by atoms with van der Waals surface area (Å²) in [5.74, 6) is 0.473. The average Bonchev–Trinajstić information content (AvgIpc) is 3.27. The van der Waals surface area contributed by atoms with E-state index >= 15 is 0 Å². The Labute approximate surface area is 194 Å². The Kier molecular flexibility index (Phi) is 7.12. The van der Waals surface area contributed by atoms with E-state index in [2.05, 4.69) is 27.4 Å². The molecule has 7 heteroatoms. The third-order valence-electron chi connectivity index (χ3n) is 5.71. The third-order valence-corrected chi connectivity index (χ3v) is 6.31. The van der Waals surface area contributed by atoms with E-state index in [9.17, 15) is 4.79 Å². The average molecular weight is 453 g/mol. The number of nitrogens with zero attached hydrogens (tertiary/aromatic N) is 3. The smallest absolute Gasteiger partial charge is 0.276 e. The van der Waals surface area contributed by atoms with Crippen LogP contribution in [0.25, 0.3) is 0 Å². The van der Waals surface area contributed by atoms with Gasteiger partial charge in [0.05, 0.1) is 0 Å². The number of benzene rings is 2. The fourth-order valence-electron chi connectivity index (χ4n) is 3.95. The highest BCUT2D eigenvalue weighted by molar-refractivity contribution is 6.32. The zero-order valence-electron chi connectivity index (χ0n) is 18.6. The molecule has 1 N–H and O–H groups in total. The van der Waals surface area contributed by atoms with Crippen LogP contribution >= 0.6 is 11.6 Å². The fourth-order valence-corrected chi connectivity index (χ4v) is 4.06. The third kappa shape index (κ3) is 5.69. The molecule has 0 aliphatic carbocycles. The molecule has 32 heavy (non-hydrogen) atoms. The van der Waals surface area contributed by atoms with Crippen LogP contribution in [0.15, 0.2) is 48.7 Å². The molecule has 3 aromatic rings. The molecule has 0 spiro atoms. The van der Waals surface area contributed by atoms with Gasteiger partial charge in [0.2, 0.25) is 0 Å². The molecule has 1 fully saturated rings. The highest BCUT2D eigenvalue weighted by Crippen LogP contribution is 2.26. The molecule has 0 atom stereocenters. The predicted octanol–water partition coefficient (Wildman–Crippen LogP) is 5.43. The number of carbonyl (C=O) groups excluding carboxylic acids is 1. The van der Waals surface area contributed by atoms with Crippen molar-refractivity contribution in [2.75, 3.05) is 18.4 Å². The molecule has 0 bridgehead atoms. The lowest BCUT2D eigenvalue weighted by Gasteiger charge is -2.26. The first kappa shape index (κ1) is 22.4. The highest BCUT2D eigenvalue weighted by atomic mass is 35.5. The van der Waals surface area contributed by atoms with E-state index in [0.717, 1.165) is 34.1 Å². The number of aryl methyl sites for hydroxylation is 2. The van der Waals surface area contributed by atoms with E-state index in [4.69, 9.17) is 16.3 Å². The highest BCUT2D eigenvalue weighted by Gasteiger charge is 2.12. The zero-order chi connectivity index (χ0) is 22.5. The van der Waals surface area contributed by atoms with Crippen LogP contribution < -0.4 is 10.1 Å². The summed E-state index contributed by atoms with van der Waals surface area (Å²) in [5, 5.41) is 7.98. The molecule has 0 radical (unpaired) electrons. The lowest BCUT2D eigenvalue weighted by Crippen LogP contribution is -2.29. The Balaban J connectivity index is 1.30. The van der Waals surface area contributed by atoms with E-state index in [1.807, 2.05) is 38.1 Å². The molecule has 6 nitrogen and oxygen atoms in total. The summed E-state index contributed by atoms with van der Waals surface area (Å²) in [6.07, 6.45) is 5.63. The Bertz CT molecular complexity index is 1050. The van der Waals surface area contributed by atoms with Crippen molar-refractivity contribution < 1.29 is 9.53 Å². The summed E-state index contributed by atoms with van der Waals surface area (Å²) < 4.78 is 7.39. The van der Waals surface area contributed by atoms with Gasteiger partial charge in [0, 0.05) is 23.5 Å². The number of halogens is 1. The maximum Gasteiger partial charge on any atom is 0.276 e. The van der Waals surface area contributed by atoms with Crippen LogP contribution in [0.3, 0.4) is 0 Å². The summed E-state index contributed by atoms with van der Waals surface area (Å²) in [5.41, 5.74) is 4.29. The van der Waals surface area contributed by atoms with Gasteiger partial charge in [-0.15, -0.1) is 0 Å². The number of likely N-dealkylation sites (tertiary alicyclic amines) is 1. The number of ether oxygens (including phenoxy) is 1. The van der Waals surface area contributed by atoms with E-state index in [1.165, 1.54) is 37.9 Å². The number of rotatable bonds is 7. The topological polar surface area (TPSA) is 59.4 Å². The van der Waals surface area contributed by atoms with Crippen molar-refractivity contribution in [3.8, 4) is 5.75 Å². The summed E-state index contributed by atoms with van der Waals surface area (Å²) in [6.45, 7) is 7.39. The molecule has 1 aliphatic rings. The second-order valence-electron chi connectivity index (χ2n) is 8.37. The van der Waals surface area contributed by atoms with Crippen molar-refractivity contribution in [2.45, 2.75) is 46.4 Å². The Morgan fingerprint density at radius 1 is 1.06 bits per heavy atom. The van der Waals surface area contributed by atoms with E-state index in [0.29, 0.717) is 5.69 Å². The summed E-state index contributed by atoms with van der Waals surface area (Å²) in [6, 6.07) is 13.5. The van der Waals surface area contributed by atoms with Gasteiger partial charge >= 0.3 is 0 Å². The van der Waals surface area contributed by atoms with E-state index in [1.54, 1.807) is 16.9 Å². The number of hydrogen-bond acceptors (Lipinski definition) is 4. The number of carbonyl (C=O) groups is 1. The molecule has 1 aromatic heterocycles. The number of anilines is 1. The Hall–Kier alpha value is -2.83. The van der Waals surface area contributed by atoms with Crippen LogP contribution in [0.1, 0.15) is 46.4 Å². The van der Waals surface area contributed by atoms with Gasteiger partial charge in [0.15, 0.2) is 12.4 Å². The van der Waals surface area contributed by atoms with Gasteiger partial charge in [0.25, 0.3) is 5.91 Å². The monoisotopic (exact) mass is 452 g/mol. The SMILES string of the molecule is Cc1cc(OCn2ccc(C(=O)Nc3ccc(CN4CCCCC4)cc3)n2)cc(C)c1Cl. The molecular formula is C25H29ClN4O2. The van der Waals surface area contributed by atoms with Gasteiger partial charge in [-0.1, -0.05) is 30.2 Å². The van der Waals surface area contributed by atoms with Crippen molar-refractivity contribution in [1.29, 1.82) is 0 Å². The molecule has 168 valence electrons. The van der Waals surface area contributed by atoms with Gasteiger partial charge in [-0.05, 0) is 86.8 Å².